The Balaban J connectivity index is 1.94. The van der Waals surface area contributed by atoms with Gasteiger partial charge in [-0.3, -0.25) is 13.6 Å². The van der Waals surface area contributed by atoms with Crippen LogP contribution in [-0.4, -0.2) is 73.3 Å². The van der Waals surface area contributed by atoms with E-state index in [0.29, 0.717) is 11.1 Å². The number of hydrogen-bond acceptors (Lipinski definition) is 10. The molecule has 0 saturated carbocycles. The van der Waals surface area contributed by atoms with Crippen molar-refractivity contribution in [3.05, 3.63) is 71.8 Å². The van der Waals surface area contributed by atoms with E-state index in [0.717, 1.165) is 0 Å². The van der Waals surface area contributed by atoms with Crippen molar-refractivity contribution in [2.75, 3.05) is 6.61 Å². The number of benzene rings is 2. The molecular weight excluding hydrogens is 443 g/mol. The van der Waals surface area contributed by atoms with Crippen LogP contribution in [0.1, 0.15) is 11.1 Å². The van der Waals surface area contributed by atoms with E-state index in [-0.39, 0.29) is 13.2 Å². The van der Waals surface area contributed by atoms with Crippen molar-refractivity contribution >= 4 is 7.60 Å². The first-order chi connectivity index (χ1) is 15.2. The summed E-state index contributed by atoms with van der Waals surface area (Å²) in [5.74, 6) is 0. The zero-order valence-corrected chi connectivity index (χ0v) is 17.9. The third-order valence-electron chi connectivity index (χ3n) is 5.15. The molecule has 0 bridgehead atoms. The molecule has 1 aliphatic rings. The van der Waals surface area contributed by atoms with Crippen molar-refractivity contribution in [1.82, 2.24) is 0 Å². The van der Waals surface area contributed by atoms with Gasteiger partial charge >= 0.3 is 13.1 Å². The van der Waals surface area contributed by atoms with E-state index in [1.165, 1.54) is 0 Å². The summed E-state index contributed by atoms with van der Waals surface area (Å²) in [5.41, 5.74) is -2.02. The second-order valence-electron chi connectivity index (χ2n) is 7.43. The first-order valence-electron chi connectivity index (χ1n) is 9.92. The van der Waals surface area contributed by atoms with Crippen LogP contribution in [0.15, 0.2) is 60.7 Å². The molecule has 1 heterocycles. The van der Waals surface area contributed by atoms with Crippen LogP contribution in [-0.2, 0) is 31.6 Å². The first-order valence-corrected chi connectivity index (χ1v) is 11.5. The van der Waals surface area contributed by atoms with Crippen LogP contribution in [0.5, 0.6) is 0 Å². The zero-order valence-electron chi connectivity index (χ0n) is 17.0. The van der Waals surface area contributed by atoms with Crippen molar-refractivity contribution in [2.45, 2.75) is 49.3 Å². The lowest BCUT2D eigenvalue weighted by atomic mass is 9.95. The molecule has 176 valence electrons. The van der Waals surface area contributed by atoms with Crippen molar-refractivity contribution < 1.29 is 49.0 Å². The van der Waals surface area contributed by atoms with Crippen LogP contribution >= 0.6 is 7.60 Å². The molecular formula is C21H27O10P. The second kappa shape index (κ2) is 10.5. The maximum atomic E-state index is 13.8. The van der Waals surface area contributed by atoms with Crippen molar-refractivity contribution in [1.29, 1.82) is 0 Å². The smallest absolute Gasteiger partial charge is 0.393 e. The molecule has 2 aromatic rings. The summed E-state index contributed by atoms with van der Waals surface area (Å²) in [6.07, 6.45) is -9.87. The number of hydrogen-bond donors (Lipinski definition) is 6. The molecule has 11 heteroatoms. The van der Waals surface area contributed by atoms with Gasteiger partial charge in [0.15, 0.2) is 0 Å². The lowest BCUT2D eigenvalue weighted by Crippen LogP contribution is -2.67. The molecule has 0 aliphatic carbocycles. The molecule has 1 saturated heterocycles. The minimum absolute atomic E-state index is 0.308. The van der Waals surface area contributed by atoms with Gasteiger partial charge in [-0.25, -0.2) is 0 Å². The van der Waals surface area contributed by atoms with Gasteiger partial charge in [0, 0.05) is 0 Å². The highest BCUT2D eigenvalue weighted by atomic mass is 31.2. The fourth-order valence-electron chi connectivity index (χ4n) is 3.27. The van der Waals surface area contributed by atoms with Crippen LogP contribution in [0, 0.1) is 0 Å². The fraction of sp³-hybridized carbons (Fsp3) is 0.429. The minimum Gasteiger partial charge on any atom is -0.394 e. The van der Waals surface area contributed by atoms with Crippen molar-refractivity contribution in [3.8, 4) is 0 Å². The van der Waals surface area contributed by atoms with E-state index in [2.05, 4.69) is 0 Å². The topological polar surface area (TPSA) is 166 Å². The van der Waals surface area contributed by atoms with E-state index >= 15 is 0 Å². The summed E-state index contributed by atoms with van der Waals surface area (Å²) in [6.45, 7) is -1.52. The van der Waals surface area contributed by atoms with Gasteiger partial charge < -0.3 is 35.4 Å². The zero-order chi connectivity index (χ0) is 23.4. The predicted octanol–water partition coefficient (Wildman–Crippen LogP) is 0.0939. The van der Waals surface area contributed by atoms with E-state index < -0.39 is 50.3 Å². The maximum Gasteiger partial charge on any atom is 0.393 e. The van der Waals surface area contributed by atoms with Gasteiger partial charge in [-0.15, -0.1) is 0 Å². The largest absolute Gasteiger partial charge is 0.394 e. The first kappa shape index (κ1) is 24.9. The Kier molecular flexibility index (Phi) is 8.18. The molecule has 1 unspecified atom stereocenters. The SMILES string of the molecule is O=P(OCc1ccccc1)(OCc1ccccc1)C1(O)O[C@H]([C@H](O)CO)[C@@H](O)[C@H](O)[C@@H]1O. The van der Waals surface area contributed by atoms with Crippen LogP contribution < -0.4 is 0 Å². The molecule has 0 aromatic heterocycles. The third-order valence-corrected chi connectivity index (χ3v) is 7.24. The van der Waals surface area contributed by atoms with E-state index in [1.807, 2.05) is 0 Å². The molecule has 0 amide bonds. The van der Waals surface area contributed by atoms with Gasteiger partial charge in [0.2, 0.25) is 0 Å². The molecule has 0 spiro atoms. The summed E-state index contributed by atoms with van der Waals surface area (Å²) in [7, 11) is -4.83. The van der Waals surface area contributed by atoms with Crippen LogP contribution in [0.4, 0.5) is 0 Å². The molecule has 1 fully saturated rings. The van der Waals surface area contributed by atoms with Gasteiger partial charge in [0.05, 0.1) is 19.8 Å². The van der Waals surface area contributed by atoms with Crippen LogP contribution in [0.25, 0.3) is 0 Å². The molecule has 6 atom stereocenters. The Labute approximate surface area is 184 Å². The van der Waals surface area contributed by atoms with Gasteiger partial charge in [0.25, 0.3) is 0 Å². The monoisotopic (exact) mass is 470 g/mol. The highest BCUT2D eigenvalue weighted by Crippen LogP contribution is 2.63. The lowest BCUT2D eigenvalue weighted by Gasteiger charge is -2.48. The Hall–Kier alpha value is -1.69. The molecule has 0 radical (unpaired) electrons. The van der Waals surface area contributed by atoms with Crippen LogP contribution in [0.3, 0.4) is 0 Å². The number of rotatable bonds is 9. The maximum absolute atomic E-state index is 13.8. The Morgan fingerprint density at radius 1 is 0.906 bits per heavy atom. The summed E-state index contributed by atoms with van der Waals surface area (Å²) in [4.78, 5) is 0. The van der Waals surface area contributed by atoms with E-state index in [4.69, 9.17) is 13.8 Å². The molecule has 10 nitrogen and oxygen atoms in total. The number of aliphatic hydroxyl groups excluding tert-OH is 5. The Morgan fingerprint density at radius 3 is 1.81 bits per heavy atom. The third kappa shape index (κ3) is 5.11. The quantitative estimate of drug-likeness (QED) is 0.277. The van der Waals surface area contributed by atoms with E-state index in [9.17, 15) is 35.2 Å². The van der Waals surface area contributed by atoms with Crippen LogP contribution in [0.2, 0.25) is 0 Å². The van der Waals surface area contributed by atoms with Crippen molar-refractivity contribution in [2.24, 2.45) is 0 Å². The number of aliphatic hydroxyl groups is 6. The Morgan fingerprint density at radius 2 is 1.38 bits per heavy atom. The minimum atomic E-state index is -4.83. The average Bonchev–Trinajstić information content (AvgIpc) is 2.83. The second-order valence-corrected chi connectivity index (χ2v) is 9.58. The number of ether oxygens (including phenoxy) is 1. The van der Waals surface area contributed by atoms with Gasteiger partial charge in [-0.2, -0.15) is 0 Å². The molecule has 3 rings (SSSR count). The van der Waals surface area contributed by atoms with Gasteiger partial charge in [0.1, 0.15) is 30.5 Å². The fourth-order valence-corrected chi connectivity index (χ4v) is 5.08. The normalized spacial score (nSPS) is 29.6. The van der Waals surface area contributed by atoms with Gasteiger partial charge in [-0.05, 0) is 11.1 Å². The summed E-state index contributed by atoms with van der Waals surface area (Å²) < 4.78 is 30.0. The highest BCUT2D eigenvalue weighted by Gasteiger charge is 2.65. The molecule has 1 aliphatic heterocycles. The highest BCUT2D eigenvalue weighted by molar-refractivity contribution is 7.55. The standard InChI is InChI=1S/C21H27O10P/c22-11-16(23)19-17(24)18(25)20(26)21(27,31-19)32(28,29-12-14-7-3-1-4-8-14)30-13-15-9-5-2-6-10-15/h1-10,16-20,22-27H,11-13H2/t16-,17+,18+,19-,20+,21?/m1/s1. The summed E-state index contributed by atoms with van der Waals surface area (Å²) in [5, 5.41) is 61.3. The molecule has 6 N–H and O–H groups in total. The van der Waals surface area contributed by atoms with Gasteiger partial charge in [-0.1, -0.05) is 60.7 Å². The molecule has 2 aromatic carbocycles. The van der Waals surface area contributed by atoms with E-state index in [1.54, 1.807) is 60.7 Å². The molecule has 32 heavy (non-hydrogen) atoms. The van der Waals surface area contributed by atoms with Crippen molar-refractivity contribution in [3.63, 3.8) is 0 Å². The summed E-state index contributed by atoms with van der Waals surface area (Å²) >= 11 is 0. The summed E-state index contributed by atoms with van der Waals surface area (Å²) in [6, 6.07) is 17.0. The predicted molar refractivity (Wildman–Crippen MR) is 111 cm³/mol. The Bertz CT molecular complexity index is 850. The average molecular weight is 470 g/mol. The lowest BCUT2D eigenvalue weighted by molar-refractivity contribution is -0.327.